The number of amides is 1. The van der Waals surface area contributed by atoms with E-state index in [0.29, 0.717) is 66.1 Å². The van der Waals surface area contributed by atoms with Crippen molar-refractivity contribution in [2.75, 3.05) is 71.4 Å². The summed E-state index contributed by atoms with van der Waals surface area (Å²) in [4.78, 5) is 11.1. The fourth-order valence-corrected chi connectivity index (χ4v) is 9.38. The van der Waals surface area contributed by atoms with Gasteiger partial charge < -0.3 is 33.4 Å². The molecule has 0 saturated carbocycles. The first-order chi connectivity index (χ1) is 20.8. The van der Waals surface area contributed by atoms with E-state index >= 15 is 0 Å². The molecule has 234 valence electrons. The van der Waals surface area contributed by atoms with Gasteiger partial charge in [-0.25, -0.2) is 0 Å². The summed E-state index contributed by atoms with van der Waals surface area (Å²) in [6.07, 6.45) is 0. The van der Waals surface area contributed by atoms with Gasteiger partial charge in [-0.05, 0) is 39.7 Å². The van der Waals surface area contributed by atoms with Crippen molar-refractivity contribution >= 4 is 30.3 Å². The van der Waals surface area contributed by atoms with Gasteiger partial charge in [-0.3, -0.25) is 4.79 Å². The van der Waals surface area contributed by atoms with Crippen LogP contribution in [-0.2, 0) is 28.2 Å². The van der Waals surface area contributed by atoms with Crippen LogP contribution in [0.1, 0.15) is 27.7 Å². The smallest absolute Gasteiger partial charge is 0.261 e. The van der Waals surface area contributed by atoms with Gasteiger partial charge in [-0.15, -0.1) is 0 Å². The van der Waals surface area contributed by atoms with Gasteiger partial charge in [0.2, 0.25) is 5.91 Å². The Labute approximate surface area is 257 Å². The molecular weight excluding hydrogens is 562 g/mol. The maximum Gasteiger partial charge on any atom is 0.261 e. The van der Waals surface area contributed by atoms with E-state index in [1.165, 1.54) is 17.3 Å². The number of carbonyl (C=O) groups is 1. The molecule has 0 aliphatic heterocycles. The van der Waals surface area contributed by atoms with Gasteiger partial charge in [0.05, 0.1) is 59.5 Å². The monoisotopic (exact) mass is 609 g/mol. The minimum Gasteiger partial charge on any atom is -0.491 e. The Morgan fingerprint density at radius 1 is 0.605 bits per heavy atom. The van der Waals surface area contributed by atoms with Crippen LogP contribution in [0.2, 0.25) is 5.04 Å². The molecule has 0 fully saturated rings. The predicted octanol–water partition coefficient (Wildman–Crippen LogP) is 4.67. The van der Waals surface area contributed by atoms with Crippen LogP contribution in [0.3, 0.4) is 0 Å². The molecule has 0 unspecified atom stereocenters. The van der Waals surface area contributed by atoms with Gasteiger partial charge in [-0.1, -0.05) is 81.4 Å². The van der Waals surface area contributed by atoms with Crippen LogP contribution in [0.15, 0.2) is 84.9 Å². The molecule has 1 amide bonds. The van der Waals surface area contributed by atoms with Gasteiger partial charge >= 0.3 is 0 Å². The maximum atomic E-state index is 11.1. The number of ether oxygens (including phenoxy) is 5. The van der Waals surface area contributed by atoms with Crippen LogP contribution in [0, 0.1) is 0 Å². The third-order valence-corrected chi connectivity index (χ3v) is 11.8. The van der Waals surface area contributed by atoms with Crippen molar-refractivity contribution in [1.29, 1.82) is 0 Å². The summed E-state index contributed by atoms with van der Waals surface area (Å²) in [5.74, 6) is 0.621. The standard InChI is InChI=1S/C34H47NO7Si/c1-29(36)35-30-15-17-31(18-16-30)41-27-25-39-23-21-37-19-20-38-22-24-40-26-28-42-43(34(2,3)4,32-11-7-5-8-12-32)33-13-9-6-10-14-33/h5-18H,19-28H2,1-4H3,(H,35,36). The second kappa shape index (κ2) is 18.6. The summed E-state index contributed by atoms with van der Waals surface area (Å²) < 4.78 is 35.0. The highest BCUT2D eigenvalue weighted by molar-refractivity contribution is 6.99. The zero-order valence-corrected chi connectivity index (χ0v) is 27.0. The van der Waals surface area contributed by atoms with Crippen molar-refractivity contribution in [3.8, 4) is 5.75 Å². The average molecular weight is 610 g/mol. The first-order valence-electron chi connectivity index (χ1n) is 14.9. The molecule has 0 spiro atoms. The molecule has 0 saturated heterocycles. The molecule has 0 bridgehead atoms. The number of hydrogen-bond donors (Lipinski definition) is 1. The highest BCUT2D eigenvalue weighted by Crippen LogP contribution is 2.36. The zero-order valence-electron chi connectivity index (χ0n) is 26.0. The Morgan fingerprint density at radius 3 is 1.44 bits per heavy atom. The number of carbonyl (C=O) groups excluding carboxylic acids is 1. The van der Waals surface area contributed by atoms with Crippen molar-refractivity contribution in [3.05, 3.63) is 84.9 Å². The Bertz CT molecular complexity index is 1130. The lowest BCUT2D eigenvalue weighted by molar-refractivity contribution is -0.114. The Hall–Kier alpha value is -3.05. The van der Waals surface area contributed by atoms with Crippen LogP contribution >= 0.6 is 0 Å². The van der Waals surface area contributed by atoms with Gasteiger partial charge in [0.1, 0.15) is 12.4 Å². The second-order valence-corrected chi connectivity index (χ2v) is 15.3. The lowest BCUT2D eigenvalue weighted by Crippen LogP contribution is -2.66. The van der Waals surface area contributed by atoms with Gasteiger partial charge in [-0.2, -0.15) is 0 Å². The summed E-state index contributed by atoms with van der Waals surface area (Å²) in [5.41, 5.74) is 0.738. The zero-order chi connectivity index (χ0) is 30.8. The summed E-state index contributed by atoms with van der Waals surface area (Å²) in [7, 11) is -2.53. The molecule has 3 rings (SSSR count). The number of rotatable bonds is 20. The maximum absolute atomic E-state index is 11.1. The third kappa shape index (κ3) is 11.5. The van der Waals surface area contributed by atoms with Crippen molar-refractivity contribution in [3.63, 3.8) is 0 Å². The molecule has 43 heavy (non-hydrogen) atoms. The first kappa shape index (κ1) is 34.4. The molecule has 0 aliphatic rings. The van der Waals surface area contributed by atoms with E-state index in [-0.39, 0.29) is 10.9 Å². The number of benzene rings is 3. The van der Waals surface area contributed by atoms with E-state index in [9.17, 15) is 4.79 Å². The Kier molecular flexibility index (Phi) is 14.9. The molecule has 1 N–H and O–H groups in total. The van der Waals surface area contributed by atoms with E-state index in [1.807, 2.05) is 12.1 Å². The van der Waals surface area contributed by atoms with Crippen molar-refractivity contribution in [1.82, 2.24) is 0 Å². The highest BCUT2D eigenvalue weighted by atomic mass is 28.4. The van der Waals surface area contributed by atoms with Crippen LogP contribution in [0.5, 0.6) is 5.75 Å². The van der Waals surface area contributed by atoms with Crippen molar-refractivity contribution in [2.24, 2.45) is 0 Å². The van der Waals surface area contributed by atoms with Crippen molar-refractivity contribution < 1.29 is 32.9 Å². The quantitative estimate of drug-likeness (QED) is 0.147. The number of nitrogens with one attached hydrogen (secondary N) is 1. The number of hydrogen-bond acceptors (Lipinski definition) is 7. The summed E-state index contributed by atoms with van der Waals surface area (Å²) in [6.45, 7) is 13.2. The van der Waals surface area contributed by atoms with Crippen LogP contribution < -0.4 is 20.4 Å². The second-order valence-electron chi connectivity index (χ2n) is 11.0. The van der Waals surface area contributed by atoms with Crippen LogP contribution in [-0.4, -0.2) is 80.3 Å². The first-order valence-corrected chi connectivity index (χ1v) is 16.8. The molecule has 0 aromatic heterocycles. The van der Waals surface area contributed by atoms with Crippen LogP contribution in [0.25, 0.3) is 0 Å². The molecule has 0 heterocycles. The van der Waals surface area contributed by atoms with Crippen molar-refractivity contribution in [2.45, 2.75) is 32.7 Å². The molecule has 9 heteroatoms. The molecule has 0 radical (unpaired) electrons. The molecule has 3 aromatic rings. The molecule has 0 atom stereocenters. The molecule has 8 nitrogen and oxygen atoms in total. The molecule has 0 aliphatic carbocycles. The lowest BCUT2D eigenvalue weighted by atomic mass is 10.2. The summed E-state index contributed by atoms with van der Waals surface area (Å²) in [5, 5.41) is 5.20. The largest absolute Gasteiger partial charge is 0.491 e. The molecular formula is C34H47NO7Si. The van der Waals surface area contributed by atoms with Gasteiger partial charge in [0.25, 0.3) is 8.32 Å². The SMILES string of the molecule is CC(=O)Nc1ccc(OCCOCCOCCOCCOCCO[Si](c2ccccc2)(c2ccccc2)C(C)(C)C)cc1. The fraction of sp³-hybridized carbons (Fsp3) is 0.441. The lowest BCUT2D eigenvalue weighted by Gasteiger charge is -2.43. The number of anilines is 1. The Balaban J connectivity index is 1.22. The minimum atomic E-state index is -2.53. The topological polar surface area (TPSA) is 84.5 Å². The predicted molar refractivity (Wildman–Crippen MR) is 173 cm³/mol. The normalized spacial score (nSPS) is 11.8. The summed E-state index contributed by atoms with van der Waals surface area (Å²) >= 11 is 0. The third-order valence-electron chi connectivity index (χ3n) is 6.75. The fourth-order valence-electron chi connectivity index (χ4n) is 4.83. The van der Waals surface area contributed by atoms with E-state index < -0.39 is 8.32 Å². The van der Waals surface area contributed by atoms with E-state index in [4.69, 9.17) is 28.1 Å². The Morgan fingerprint density at radius 2 is 1.02 bits per heavy atom. The average Bonchev–Trinajstić information content (AvgIpc) is 2.99. The highest BCUT2D eigenvalue weighted by Gasteiger charge is 2.49. The van der Waals surface area contributed by atoms with E-state index in [2.05, 4.69) is 86.8 Å². The van der Waals surface area contributed by atoms with E-state index in [0.717, 1.165) is 11.4 Å². The van der Waals surface area contributed by atoms with Crippen LogP contribution in [0.4, 0.5) is 5.69 Å². The van der Waals surface area contributed by atoms with Gasteiger partial charge in [0.15, 0.2) is 0 Å². The molecule has 3 aromatic carbocycles. The summed E-state index contributed by atoms with van der Waals surface area (Å²) in [6, 6.07) is 28.5. The van der Waals surface area contributed by atoms with Gasteiger partial charge in [0, 0.05) is 12.6 Å². The minimum absolute atomic E-state index is 0.0547. The van der Waals surface area contributed by atoms with E-state index in [1.54, 1.807) is 12.1 Å².